The Labute approximate surface area is 182 Å². The number of halogens is 1. The Bertz CT molecular complexity index is 1220. The minimum atomic E-state index is -0.0532. The zero-order valence-electron chi connectivity index (χ0n) is 15.8. The van der Waals surface area contributed by atoms with Crippen molar-refractivity contribution in [2.75, 3.05) is 0 Å². The molecule has 8 heteroatoms. The van der Waals surface area contributed by atoms with E-state index in [1.807, 2.05) is 42.5 Å². The molecule has 1 fully saturated rings. The van der Waals surface area contributed by atoms with Gasteiger partial charge >= 0.3 is 0 Å². The SMILES string of the molecule is O=C(NC1CC1)c1cc(SCc2noc(-c3ccc(Cl)cc3)n2)nc2ccccc12. The lowest BCUT2D eigenvalue weighted by Gasteiger charge is -2.09. The van der Waals surface area contributed by atoms with Crippen molar-refractivity contribution in [2.45, 2.75) is 29.7 Å². The summed E-state index contributed by atoms with van der Waals surface area (Å²) >= 11 is 7.39. The standard InChI is InChI=1S/C22H17ClN4O2S/c23-14-7-5-13(6-8-14)22-26-19(27-29-22)12-30-20-11-17(21(28)24-15-9-10-15)16-3-1-2-4-18(16)25-20/h1-8,11,15H,9-10,12H2,(H,24,28). The second-order valence-electron chi connectivity index (χ2n) is 7.08. The number of carbonyl (C=O) groups excluding carboxylic acids is 1. The van der Waals surface area contributed by atoms with Crippen molar-refractivity contribution >= 4 is 40.2 Å². The summed E-state index contributed by atoms with van der Waals surface area (Å²) in [6.07, 6.45) is 2.09. The van der Waals surface area contributed by atoms with Crippen LogP contribution in [-0.2, 0) is 5.75 Å². The number of amides is 1. The van der Waals surface area contributed by atoms with Crippen LogP contribution in [0.2, 0.25) is 5.02 Å². The maximum absolute atomic E-state index is 12.7. The van der Waals surface area contributed by atoms with Gasteiger partial charge in [-0.2, -0.15) is 4.98 Å². The predicted molar refractivity (Wildman–Crippen MR) is 117 cm³/mol. The maximum atomic E-state index is 12.7. The molecule has 0 saturated heterocycles. The lowest BCUT2D eigenvalue weighted by Crippen LogP contribution is -2.25. The smallest absolute Gasteiger partial charge is 0.257 e. The van der Waals surface area contributed by atoms with E-state index in [0.29, 0.717) is 34.1 Å². The summed E-state index contributed by atoms with van der Waals surface area (Å²) in [7, 11) is 0. The molecular weight excluding hydrogens is 420 g/mol. The van der Waals surface area contributed by atoms with E-state index in [-0.39, 0.29) is 5.91 Å². The van der Waals surface area contributed by atoms with Crippen molar-refractivity contribution in [3.8, 4) is 11.5 Å². The number of hydrogen-bond donors (Lipinski definition) is 1. The average Bonchev–Trinajstić information content (AvgIpc) is 3.45. The number of rotatable bonds is 6. The topological polar surface area (TPSA) is 80.9 Å². The molecule has 2 aromatic carbocycles. The summed E-state index contributed by atoms with van der Waals surface area (Å²) in [6.45, 7) is 0. The van der Waals surface area contributed by atoms with Gasteiger partial charge in [0, 0.05) is 22.0 Å². The fourth-order valence-electron chi connectivity index (χ4n) is 3.06. The lowest BCUT2D eigenvalue weighted by atomic mass is 10.1. The molecule has 1 N–H and O–H groups in total. The van der Waals surface area contributed by atoms with Crippen LogP contribution in [-0.4, -0.2) is 27.1 Å². The molecule has 0 radical (unpaired) electrons. The van der Waals surface area contributed by atoms with Gasteiger partial charge in [0.2, 0.25) is 0 Å². The van der Waals surface area contributed by atoms with Crippen molar-refractivity contribution in [2.24, 2.45) is 0 Å². The summed E-state index contributed by atoms with van der Waals surface area (Å²) in [6, 6.07) is 17.1. The molecule has 5 rings (SSSR count). The first-order valence-electron chi connectivity index (χ1n) is 9.58. The number of benzene rings is 2. The van der Waals surface area contributed by atoms with Gasteiger partial charge in [-0.1, -0.05) is 46.7 Å². The average molecular weight is 437 g/mol. The highest BCUT2D eigenvalue weighted by Crippen LogP contribution is 2.28. The van der Waals surface area contributed by atoms with Gasteiger partial charge in [-0.3, -0.25) is 4.79 Å². The number of fused-ring (bicyclic) bond motifs is 1. The molecule has 1 amide bonds. The lowest BCUT2D eigenvalue weighted by molar-refractivity contribution is 0.0952. The van der Waals surface area contributed by atoms with Crippen molar-refractivity contribution in [3.05, 3.63) is 71.0 Å². The highest BCUT2D eigenvalue weighted by molar-refractivity contribution is 7.98. The molecule has 2 heterocycles. The van der Waals surface area contributed by atoms with Crippen LogP contribution in [0, 0.1) is 0 Å². The highest BCUT2D eigenvalue weighted by atomic mass is 35.5. The number of pyridine rings is 1. The number of nitrogens with zero attached hydrogens (tertiary/aromatic N) is 3. The molecule has 1 aliphatic rings. The number of thioether (sulfide) groups is 1. The van der Waals surface area contributed by atoms with E-state index in [0.717, 1.165) is 34.3 Å². The van der Waals surface area contributed by atoms with Crippen LogP contribution in [0.5, 0.6) is 0 Å². The molecule has 30 heavy (non-hydrogen) atoms. The summed E-state index contributed by atoms with van der Waals surface area (Å²) < 4.78 is 5.36. The largest absolute Gasteiger partial charge is 0.349 e. The molecular formula is C22H17ClN4O2S. The van der Waals surface area contributed by atoms with E-state index in [4.69, 9.17) is 16.1 Å². The number of carbonyl (C=O) groups is 1. The minimum Gasteiger partial charge on any atom is -0.349 e. The van der Waals surface area contributed by atoms with Gasteiger partial charge < -0.3 is 9.84 Å². The predicted octanol–water partition coefficient (Wildman–Crippen LogP) is 5.12. The van der Waals surface area contributed by atoms with Crippen molar-refractivity contribution in [1.29, 1.82) is 0 Å². The van der Waals surface area contributed by atoms with E-state index in [9.17, 15) is 4.79 Å². The second-order valence-corrected chi connectivity index (χ2v) is 8.52. The third-order valence-corrected chi connectivity index (χ3v) is 5.92. The van der Waals surface area contributed by atoms with Gasteiger partial charge in [0.05, 0.1) is 21.9 Å². The molecule has 0 aliphatic heterocycles. The molecule has 0 atom stereocenters. The Morgan fingerprint density at radius 2 is 1.93 bits per heavy atom. The Morgan fingerprint density at radius 1 is 1.13 bits per heavy atom. The van der Waals surface area contributed by atoms with Crippen LogP contribution in [0.25, 0.3) is 22.4 Å². The number of aromatic nitrogens is 3. The van der Waals surface area contributed by atoms with Crippen LogP contribution in [0.4, 0.5) is 0 Å². The summed E-state index contributed by atoms with van der Waals surface area (Å²) in [5.41, 5.74) is 2.24. The van der Waals surface area contributed by atoms with Gasteiger partial charge in [-0.15, -0.1) is 0 Å². The molecule has 2 aromatic heterocycles. The van der Waals surface area contributed by atoms with Gasteiger partial charge in [-0.25, -0.2) is 4.98 Å². The normalized spacial score (nSPS) is 13.5. The monoisotopic (exact) mass is 436 g/mol. The van der Waals surface area contributed by atoms with Crippen LogP contribution < -0.4 is 5.32 Å². The number of para-hydroxylation sites is 1. The molecule has 6 nitrogen and oxygen atoms in total. The Kier molecular flexibility index (Phi) is 5.14. The molecule has 0 unspecified atom stereocenters. The zero-order valence-corrected chi connectivity index (χ0v) is 17.4. The van der Waals surface area contributed by atoms with E-state index in [2.05, 4.69) is 20.4 Å². The Balaban J connectivity index is 1.36. The fraction of sp³-hybridized carbons (Fsp3) is 0.182. The van der Waals surface area contributed by atoms with Crippen LogP contribution in [0.1, 0.15) is 29.0 Å². The van der Waals surface area contributed by atoms with E-state index < -0.39 is 0 Å². The Hall–Kier alpha value is -2.90. The molecule has 0 spiro atoms. The first kappa shape index (κ1) is 19.1. The quantitative estimate of drug-likeness (QED) is 0.422. The minimum absolute atomic E-state index is 0.0532. The first-order chi connectivity index (χ1) is 14.7. The van der Waals surface area contributed by atoms with Crippen molar-refractivity contribution in [1.82, 2.24) is 20.4 Å². The van der Waals surface area contributed by atoms with E-state index in [1.165, 1.54) is 11.8 Å². The van der Waals surface area contributed by atoms with Crippen molar-refractivity contribution in [3.63, 3.8) is 0 Å². The Morgan fingerprint density at radius 3 is 2.73 bits per heavy atom. The van der Waals surface area contributed by atoms with Crippen molar-refractivity contribution < 1.29 is 9.32 Å². The van der Waals surface area contributed by atoms with Crippen LogP contribution in [0.3, 0.4) is 0 Å². The van der Waals surface area contributed by atoms with Gasteiger partial charge in [0.15, 0.2) is 5.82 Å². The highest BCUT2D eigenvalue weighted by Gasteiger charge is 2.25. The number of nitrogens with one attached hydrogen (secondary N) is 1. The molecule has 0 bridgehead atoms. The third-order valence-electron chi connectivity index (χ3n) is 4.76. The van der Waals surface area contributed by atoms with E-state index >= 15 is 0 Å². The maximum Gasteiger partial charge on any atom is 0.257 e. The molecule has 150 valence electrons. The first-order valence-corrected chi connectivity index (χ1v) is 10.9. The second kappa shape index (κ2) is 8.08. The number of hydrogen-bond acceptors (Lipinski definition) is 6. The summed E-state index contributed by atoms with van der Waals surface area (Å²) in [5.74, 6) is 1.43. The molecule has 1 aliphatic carbocycles. The summed E-state index contributed by atoms with van der Waals surface area (Å²) in [5, 5.41) is 9.36. The van der Waals surface area contributed by atoms with Gasteiger partial charge in [-0.05, 0) is 49.2 Å². The molecule has 4 aromatic rings. The van der Waals surface area contributed by atoms with E-state index in [1.54, 1.807) is 12.1 Å². The van der Waals surface area contributed by atoms with Crippen LogP contribution >= 0.6 is 23.4 Å². The molecule has 1 saturated carbocycles. The zero-order chi connectivity index (χ0) is 20.5. The van der Waals surface area contributed by atoms with Crippen LogP contribution in [0.15, 0.2) is 64.1 Å². The van der Waals surface area contributed by atoms with Gasteiger partial charge in [0.25, 0.3) is 11.8 Å². The third kappa shape index (κ3) is 4.17. The fourth-order valence-corrected chi connectivity index (χ4v) is 3.95. The summed E-state index contributed by atoms with van der Waals surface area (Å²) in [4.78, 5) is 21.9. The van der Waals surface area contributed by atoms with Gasteiger partial charge in [0.1, 0.15) is 0 Å².